The number of nitrogens with zero attached hydrogens (tertiary/aromatic N) is 2. The van der Waals surface area contributed by atoms with Crippen LogP contribution in [0.5, 0.6) is 0 Å². The van der Waals surface area contributed by atoms with Crippen LogP contribution in [-0.4, -0.2) is 41.9 Å². The van der Waals surface area contributed by atoms with E-state index in [1.54, 1.807) is 18.2 Å². The second kappa shape index (κ2) is 6.00. The normalized spacial score (nSPS) is 21.8. The van der Waals surface area contributed by atoms with Gasteiger partial charge in [-0.25, -0.2) is 0 Å². The smallest absolute Gasteiger partial charge is 0.270 e. The van der Waals surface area contributed by atoms with E-state index in [-0.39, 0.29) is 10.6 Å². The first kappa shape index (κ1) is 14.9. The zero-order valence-corrected chi connectivity index (χ0v) is 13.2. The van der Waals surface area contributed by atoms with Crippen molar-refractivity contribution in [2.75, 3.05) is 26.3 Å². The number of hydrogen-bond acceptors (Lipinski definition) is 5. The summed E-state index contributed by atoms with van der Waals surface area (Å²) in [6, 6.07) is 4.90. The van der Waals surface area contributed by atoms with Crippen molar-refractivity contribution in [2.24, 2.45) is 0 Å². The molecule has 0 unspecified atom stereocenters. The number of non-ortho nitro benzene ring substituents is 1. The van der Waals surface area contributed by atoms with Gasteiger partial charge in [0.15, 0.2) is 5.79 Å². The molecule has 1 aromatic rings. The van der Waals surface area contributed by atoms with Gasteiger partial charge >= 0.3 is 0 Å². The topological polar surface area (TPSA) is 64.8 Å². The molecule has 2 aliphatic rings. The zero-order chi connectivity index (χ0) is 14.9. The number of piperidine rings is 1. The van der Waals surface area contributed by atoms with E-state index in [0.29, 0.717) is 13.2 Å². The van der Waals surface area contributed by atoms with Gasteiger partial charge in [0.05, 0.1) is 24.7 Å². The lowest BCUT2D eigenvalue weighted by Crippen LogP contribution is -2.48. The molecule has 0 N–H and O–H groups in total. The molecule has 0 atom stereocenters. The summed E-state index contributed by atoms with van der Waals surface area (Å²) in [7, 11) is 0. The minimum Gasteiger partial charge on any atom is -0.346 e. The fourth-order valence-electron chi connectivity index (χ4n) is 2.96. The highest BCUT2D eigenvalue weighted by atomic mass is 79.9. The first-order chi connectivity index (χ1) is 10.1. The fourth-order valence-corrected chi connectivity index (χ4v) is 3.45. The van der Waals surface area contributed by atoms with Crippen LogP contribution in [0, 0.1) is 10.1 Å². The van der Waals surface area contributed by atoms with Gasteiger partial charge in [-0.2, -0.15) is 0 Å². The number of ether oxygens (including phenoxy) is 2. The second-order valence-electron chi connectivity index (χ2n) is 5.45. The molecule has 2 saturated heterocycles. The molecular formula is C14H17BrN2O4. The number of hydrogen-bond donors (Lipinski definition) is 0. The van der Waals surface area contributed by atoms with Gasteiger partial charge in [-0.1, -0.05) is 15.9 Å². The van der Waals surface area contributed by atoms with Gasteiger partial charge in [-0.15, -0.1) is 0 Å². The second-order valence-corrected chi connectivity index (χ2v) is 6.31. The summed E-state index contributed by atoms with van der Waals surface area (Å²) in [6.45, 7) is 3.78. The number of benzene rings is 1. The van der Waals surface area contributed by atoms with Gasteiger partial charge in [-0.05, 0) is 24.6 Å². The Labute approximate surface area is 131 Å². The number of nitro groups is 1. The lowest BCUT2D eigenvalue weighted by atomic mass is 10.0. The van der Waals surface area contributed by atoms with E-state index in [2.05, 4.69) is 20.8 Å². The summed E-state index contributed by atoms with van der Waals surface area (Å²) in [5.74, 6) is -0.439. The first-order valence-corrected chi connectivity index (χ1v) is 7.80. The predicted octanol–water partition coefficient (Wildman–Crippen LogP) is 2.70. The average molecular weight is 357 g/mol. The Morgan fingerprint density at radius 1 is 1.38 bits per heavy atom. The van der Waals surface area contributed by atoms with Gasteiger partial charge in [0, 0.05) is 29.6 Å². The maximum atomic E-state index is 10.8. The molecule has 3 rings (SSSR count). The molecule has 0 bridgehead atoms. The van der Waals surface area contributed by atoms with Crippen LogP contribution in [-0.2, 0) is 16.0 Å². The Morgan fingerprint density at radius 3 is 2.81 bits per heavy atom. The standard InChI is InChI=1S/C14H17BrN2O4/c15-13-8-12(17(18)19)3-2-11(13)9-16-5-1-4-14(10-16)20-6-7-21-14/h2-3,8H,1,4-7,9-10H2. The molecule has 21 heavy (non-hydrogen) atoms. The van der Waals surface area contributed by atoms with E-state index in [4.69, 9.17) is 9.47 Å². The Balaban J connectivity index is 1.70. The van der Waals surface area contributed by atoms with E-state index in [0.717, 1.165) is 42.5 Å². The van der Waals surface area contributed by atoms with Crippen LogP contribution >= 0.6 is 15.9 Å². The zero-order valence-electron chi connectivity index (χ0n) is 11.6. The molecule has 0 saturated carbocycles. The summed E-state index contributed by atoms with van der Waals surface area (Å²) in [6.07, 6.45) is 1.97. The lowest BCUT2D eigenvalue weighted by molar-refractivity contribution is -0.384. The van der Waals surface area contributed by atoms with E-state index in [1.807, 2.05) is 0 Å². The van der Waals surface area contributed by atoms with Crippen molar-refractivity contribution in [3.8, 4) is 0 Å². The van der Waals surface area contributed by atoms with Crippen molar-refractivity contribution in [2.45, 2.75) is 25.2 Å². The Morgan fingerprint density at radius 2 is 2.14 bits per heavy atom. The molecule has 1 aromatic carbocycles. The number of nitro benzene ring substituents is 1. The van der Waals surface area contributed by atoms with E-state index >= 15 is 0 Å². The molecule has 114 valence electrons. The highest BCUT2D eigenvalue weighted by Gasteiger charge is 2.40. The van der Waals surface area contributed by atoms with Crippen molar-refractivity contribution >= 4 is 21.6 Å². The maximum Gasteiger partial charge on any atom is 0.270 e. The van der Waals surface area contributed by atoms with Crippen molar-refractivity contribution in [1.82, 2.24) is 4.90 Å². The molecule has 0 aromatic heterocycles. The van der Waals surface area contributed by atoms with Crippen molar-refractivity contribution in [1.29, 1.82) is 0 Å². The van der Waals surface area contributed by atoms with E-state index < -0.39 is 5.79 Å². The van der Waals surface area contributed by atoms with Crippen LogP contribution in [0.15, 0.2) is 22.7 Å². The molecule has 2 fully saturated rings. The number of halogens is 1. The molecule has 0 amide bonds. The van der Waals surface area contributed by atoms with Gasteiger partial charge in [0.2, 0.25) is 0 Å². The molecule has 2 heterocycles. The Bertz CT molecular complexity index is 546. The third kappa shape index (κ3) is 3.26. The van der Waals surface area contributed by atoms with Crippen LogP contribution in [0.25, 0.3) is 0 Å². The SMILES string of the molecule is O=[N+]([O-])c1ccc(CN2CCCC3(C2)OCCO3)c(Br)c1. The van der Waals surface area contributed by atoms with Crippen molar-refractivity contribution in [3.05, 3.63) is 38.3 Å². The molecule has 0 radical (unpaired) electrons. The van der Waals surface area contributed by atoms with Gasteiger partial charge in [0.1, 0.15) is 0 Å². The van der Waals surface area contributed by atoms with Crippen LogP contribution in [0.4, 0.5) is 5.69 Å². The molecular weight excluding hydrogens is 340 g/mol. The summed E-state index contributed by atoms with van der Waals surface area (Å²) in [5.41, 5.74) is 1.14. The quantitative estimate of drug-likeness (QED) is 0.615. The summed E-state index contributed by atoms with van der Waals surface area (Å²) in [5, 5.41) is 10.8. The molecule has 0 aliphatic carbocycles. The Hall–Kier alpha value is -1.02. The molecule has 1 spiro atoms. The van der Waals surface area contributed by atoms with Crippen LogP contribution < -0.4 is 0 Å². The van der Waals surface area contributed by atoms with Gasteiger partial charge in [-0.3, -0.25) is 15.0 Å². The van der Waals surface area contributed by atoms with Crippen LogP contribution in [0.3, 0.4) is 0 Å². The van der Waals surface area contributed by atoms with Crippen molar-refractivity contribution in [3.63, 3.8) is 0 Å². The fraction of sp³-hybridized carbons (Fsp3) is 0.571. The molecule has 6 nitrogen and oxygen atoms in total. The third-order valence-electron chi connectivity index (χ3n) is 3.95. The lowest BCUT2D eigenvalue weighted by Gasteiger charge is -2.38. The molecule has 2 aliphatic heterocycles. The van der Waals surface area contributed by atoms with E-state index in [9.17, 15) is 10.1 Å². The summed E-state index contributed by atoms with van der Waals surface area (Å²) < 4.78 is 12.3. The summed E-state index contributed by atoms with van der Waals surface area (Å²) in [4.78, 5) is 12.7. The van der Waals surface area contributed by atoms with Crippen molar-refractivity contribution < 1.29 is 14.4 Å². The van der Waals surface area contributed by atoms with Gasteiger partial charge < -0.3 is 9.47 Å². The number of likely N-dealkylation sites (tertiary alicyclic amines) is 1. The largest absolute Gasteiger partial charge is 0.346 e. The minimum atomic E-state index is -0.439. The summed E-state index contributed by atoms with van der Waals surface area (Å²) >= 11 is 3.42. The van der Waals surface area contributed by atoms with Gasteiger partial charge in [0.25, 0.3) is 5.69 Å². The minimum absolute atomic E-state index is 0.100. The third-order valence-corrected chi connectivity index (χ3v) is 4.69. The first-order valence-electron chi connectivity index (χ1n) is 7.01. The monoisotopic (exact) mass is 356 g/mol. The molecule has 7 heteroatoms. The predicted molar refractivity (Wildman–Crippen MR) is 79.9 cm³/mol. The van der Waals surface area contributed by atoms with E-state index in [1.165, 1.54) is 0 Å². The Kier molecular flexibility index (Phi) is 4.26. The maximum absolute atomic E-state index is 10.8. The highest BCUT2D eigenvalue weighted by Crippen LogP contribution is 2.32. The van der Waals surface area contributed by atoms with Crippen LogP contribution in [0.2, 0.25) is 0 Å². The number of rotatable bonds is 3. The average Bonchev–Trinajstić information content (AvgIpc) is 2.89. The highest BCUT2D eigenvalue weighted by molar-refractivity contribution is 9.10. The van der Waals surface area contributed by atoms with Crippen LogP contribution in [0.1, 0.15) is 18.4 Å².